The van der Waals surface area contributed by atoms with Crippen LogP contribution in [-0.4, -0.2) is 32.8 Å². The number of nitrogens with zero attached hydrogens (tertiary/aromatic N) is 1. The Labute approximate surface area is 159 Å². The summed E-state index contributed by atoms with van der Waals surface area (Å²) in [7, 11) is 0. The number of para-hydroxylation sites is 1. The van der Waals surface area contributed by atoms with Gasteiger partial charge in [0.25, 0.3) is 5.91 Å². The molecule has 1 aromatic carbocycles. The molecule has 1 saturated heterocycles. The summed E-state index contributed by atoms with van der Waals surface area (Å²) < 4.78 is 11.3. The molecular weight excluding hydrogens is 374 g/mol. The Morgan fingerprint density at radius 2 is 2.12 bits per heavy atom. The Morgan fingerprint density at radius 3 is 2.85 bits per heavy atom. The maximum Gasteiger partial charge on any atom is 0.306 e. The summed E-state index contributed by atoms with van der Waals surface area (Å²) in [6.45, 7) is 0.339. The third-order valence-corrected chi connectivity index (χ3v) is 4.92. The van der Waals surface area contributed by atoms with Crippen LogP contribution < -0.4 is 4.74 Å². The Morgan fingerprint density at radius 1 is 1.31 bits per heavy atom. The molecule has 1 aliphatic heterocycles. The van der Waals surface area contributed by atoms with Crippen molar-refractivity contribution in [3.05, 3.63) is 58.9 Å². The SMILES string of the molecule is O=C(O)CCOc1ccccc1/C=C1/SC(=S)N(Cc2ccco2)C1=O. The van der Waals surface area contributed by atoms with Gasteiger partial charge in [-0.3, -0.25) is 14.5 Å². The number of thioether (sulfide) groups is 1. The summed E-state index contributed by atoms with van der Waals surface area (Å²) in [5, 5.41) is 8.72. The van der Waals surface area contributed by atoms with Crippen molar-refractivity contribution in [1.82, 2.24) is 4.90 Å². The molecular formula is C18H15NO5S2. The highest BCUT2D eigenvalue weighted by Gasteiger charge is 2.32. The Hall–Kier alpha value is -2.58. The molecule has 3 rings (SSSR count). The molecule has 0 unspecified atom stereocenters. The second-order valence-electron chi connectivity index (χ2n) is 5.38. The third-order valence-electron chi connectivity index (χ3n) is 3.55. The van der Waals surface area contributed by atoms with Crippen LogP contribution in [0.15, 0.2) is 52.0 Å². The van der Waals surface area contributed by atoms with Gasteiger partial charge >= 0.3 is 5.97 Å². The van der Waals surface area contributed by atoms with Crippen LogP contribution in [0.4, 0.5) is 0 Å². The van der Waals surface area contributed by atoms with Crippen LogP contribution in [0.3, 0.4) is 0 Å². The van der Waals surface area contributed by atoms with Gasteiger partial charge in [-0.25, -0.2) is 0 Å². The first-order chi connectivity index (χ1) is 12.5. The number of carboxylic acid groups (broad SMARTS) is 1. The van der Waals surface area contributed by atoms with Gasteiger partial charge in [-0.05, 0) is 24.3 Å². The van der Waals surface area contributed by atoms with Crippen LogP contribution in [0, 0.1) is 0 Å². The number of thiocarbonyl (C=S) groups is 1. The van der Waals surface area contributed by atoms with Gasteiger partial charge in [0.05, 0.1) is 30.7 Å². The summed E-state index contributed by atoms with van der Waals surface area (Å²) in [5.74, 6) is 0.0445. The fourth-order valence-corrected chi connectivity index (χ4v) is 3.56. The van der Waals surface area contributed by atoms with E-state index in [1.807, 2.05) is 6.07 Å². The smallest absolute Gasteiger partial charge is 0.306 e. The molecule has 1 N–H and O–H groups in total. The van der Waals surface area contributed by atoms with Crippen LogP contribution in [0.1, 0.15) is 17.7 Å². The second kappa shape index (κ2) is 8.20. The van der Waals surface area contributed by atoms with Gasteiger partial charge in [0.15, 0.2) is 0 Å². The lowest BCUT2D eigenvalue weighted by molar-refractivity contribution is -0.137. The van der Waals surface area contributed by atoms with E-state index in [1.165, 1.54) is 16.7 Å². The van der Waals surface area contributed by atoms with E-state index in [0.717, 1.165) is 0 Å². The van der Waals surface area contributed by atoms with Crippen molar-refractivity contribution in [3.8, 4) is 5.75 Å². The summed E-state index contributed by atoms with van der Waals surface area (Å²) in [6.07, 6.45) is 3.16. The van der Waals surface area contributed by atoms with Crippen molar-refractivity contribution in [2.24, 2.45) is 0 Å². The normalized spacial score (nSPS) is 15.7. The summed E-state index contributed by atoms with van der Waals surface area (Å²) >= 11 is 6.52. The van der Waals surface area contributed by atoms with E-state index in [9.17, 15) is 9.59 Å². The Kier molecular flexibility index (Phi) is 5.75. The number of hydrogen-bond donors (Lipinski definition) is 1. The number of benzene rings is 1. The highest BCUT2D eigenvalue weighted by atomic mass is 32.2. The molecule has 26 heavy (non-hydrogen) atoms. The molecule has 8 heteroatoms. The van der Waals surface area contributed by atoms with Crippen LogP contribution in [0.2, 0.25) is 0 Å². The molecule has 134 valence electrons. The predicted octanol–water partition coefficient (Wildman–Crippen LogP) is 3.53. The van der Waals surface area contributed by atoms with Gasteiger partial charge < -0.3 is 14.3 Å². The zero-order valence-corrected chi connectivity index (χ0v) is 15.2. The fraction of sp³-hybridized carbons (Fsp3) is 0.167. The van der Waals surface area contributed by atoms with Gasteiger partial charge in [-0.1, -0.05) is 42.2 Å². The van der Waals surface area contributed by atoms with Crippen molar-refractivity contribution in [3.63, 3.8) is 0 Å². The fourth-order valence-electron chi connectivity index (χ4n) is 2.32. The Balaban J connectivity index is 1.76. The number of aliphatic carboxylic acids is 1. The van der Waals surface area contributed by atoms with Gasteiger partial charge in [-0.15, -0.1) is 0 Å². The van der Waals surface area contributed by atoms with E-state index in [-0.39, 0.29) is 25.5 Å². The summed E-state index contributed by atoms with van der Waals surface area (Å²) in [6, 6.07) is 10.7. The molecule has 0 spiro atoms. The molecule has 0 saturated carbocycles. The first-order valence-corrected chi connectivity index (χ1v) is 8.98. The van der Waals surface area contributed by atoms with E-state index in [0.29, 0.717) is 26.3 Å². The number of ether oxygens (including phenoxy) is 1. The second-order valence-corrected chi connectivity index (χ2v) is 7.05. The first-order valence-electron chi connectivity index (χ1n) is 7.76. The number of hydrogen-bond acceptors (Lipinski definition) is 6. The van der Waals surface area contributed by atoms with E-state index >= 15 is 0 Å². The number of carbonyl (C=O) groups is 2. The minimum Gasteiger partial charge on any atom is -0.492 e. The summed E-state index contributed by atoms with van der Waals surface area (Å²) in [4.78, 5) is 25.2. The van der Waals surface area contributed by atoms with Crippen LogP contribution in [0.25, 0.3) is 6.08 Å². The molecule has 1 aliphatic rings. The minimum atomic E-state index is -0.929. The molecule has 1 amide bonds. The first kappa shape index (κ1) is 18.2. The monoisotopic (exact) mass is 389 g/mol. The van der Waals surface area contributed by atoms with Crippen LogP contribution in [0.5, 0.6) is 5.75 Å². The number of furan rings is 1. The molecule has 2 heterocycles. The van der Waals surface area contributed by atoms with Crippen molar-refractivity contribution < 1.29 is 23.8 Å². The minimum absolute atomic E-state index is 0.0552. The van der Waals surface area contributed by atoms with E-state index in [1.54, 1.807) is 42.7 Å². The standard InChI is InChI=1S/C18H15NO5S2/c20-16(21)7-9-24-14-6-2-1-4-12(14)10-15-17(22)19(18(25)26-15)11-13-5-3-8-23-13/h1-6,8,10H,7,9,11H2,(H,20,21)/b15-10+. The number of carbonyl (C=O) groups excluding carboxylic acids is 1. The number of rotatable bonds is 7. The molecule has 1 fully saturated rings. The molecule has 2 aromatic rings. The van der Waals surface area contributed by atoms with Crippen LogP contribution >= 0.6 is 24.0 Å². The van der Waals surface area contributed by atoms with E-state index in [4.69, 9.17) is 26.5 Å². The maximum absolute atomic E-state index is 12.7. The lowest BCUT2D eigenvalue weighted by Gasteiger charge is -2.12. The number of amides is 1. The van der Waals surface area contributed by atoms with Gasteiger partial charge in [0.1, 0.15) is 15.8 Å². The van der Waals surface area contributed by atoms with Crippen molar-refractivity contribution in [2.75, 3.05) is 6.61 Å². The zero-order valence-electron chi connectivity index (χ0n) is 13.6. The van der Waals surface area contributed by atoms with Gasteiger partial charge in [-0.2, -0.15) is 0 Å². The van der Waals surface area contributed by atoms with Crippen LogP contribution in [-0.2, 0) is 16.1 Å². The van der Waals surface area contributed by atoms with E-state index < -0.39 is 5.97 Å². The maximum atomic E-state index is 12.7. The molecule has 0 atom stereocenters. The highest BCUT2D eigenvalue weighted by Crippen LogP contribution is 2.35. The zero-order chi connectivity index (χ0) is 18.5. The summed E-state index contributed by atoms with van der Waals surface area (Å²) in [5.41, 5.74) is 0.691. The lowest BCUT2D eigenvalue weighted by Crippen LogP contribution is -2.27. The number of carboxylic acids is 1. The largest absolute Gasteiger partial charge is 0.492 e. The molecule has 0 aliphatic carbocycles. The van der Waals surface area contributed by atoms with Crippen molar-refractivity contribution in [1.29, 1.82) is 0 Å². The quantitative estimate of drug-likeness (QED) is 0.573. The van der Waals surface area contributed by atoms with Crippen molar-refractivity contribution >= 4 is 46.3 Å². The topological polar surface area (TPSA) is 80.0 Å². The Bertz CT molecular complexity index is 860. The van der Waals surface area contributed by atoms with Crippen molar-refractivity contribution in [2.45, 2.75) is 13.0 Å². The van der Waals surface area contributed by atoms with Gasteiger partial charge in [0, 0.05) is 5.56 Å². The molecule has 0 bridgehead atoms. The molecule has 0 radical (unpaired) electrons. The third kappa shape index (κ3) is 4.33. The average molecular weight is 389 g/mol. The van der Waals surface area contributed by atoms with Gasteiger partial charge in [0.2, 0.25) is 0 Å². The van der Waals surface area contributed by atoms with E-state index in [2.05, 4.69) is 0 Å². The lowest BCUT2D eigenvalue weighted by atomic mass is 10.2. The molecule has 1 aromatic heterocycles. The average Bonchev–Trinajstić information content (AvgIpc) is 3.20. The molecule has 6 nitrogen and oxygen atoms in total. The predicted molar refractivity (Wildman–Crippen MR) is 102 cm³/mol. The highest BCUT2D eigenvalue weighted by molar-refractivity contribution is 8.26.